The van der Waals surface area contributed by atoms with E-state index in [4.69, 9.17) is 5.26 Å². The van der Waals surface area contributed by atoms with Crippen molar-refractivity contribution in [3.8, 4) is 6.07 Å². The molecule has 1 aromatic rings. The van der Waals surface area contributed by atoms with Crippen molar-refractivity contribution in [2.45, 2.75) is 38.5 Å². The lowest BCUT2D eigenvalue weighted by atomic mass is 9.80. The lowest BCUT2D eigenvalue weighted by molar-refractivity contribution is -0.108. The van der Waals surface area contributed by atoms with E-state index in [1.165, 1.54) is 25.7 Å². The Kier molecular flexibility index (Phi) is 5.55. The van der Waals surface area contributed by atoms with E-state index in [0.29, 0.717) is 11.5 Å². The Morgan fingerprint density at radius 1 is 1.15 bits per heavy atom. The average molecular weight is 267 g/mol. The summed E-state index contributed by atoms with van der Waals surface area (Å²) in [6.07, 6.45) is 12.2. The first-order chi connectivity index (χ1) is 9.81. The predicted molar refractivity (Wildman–Crippen MR) is 80.9 cm³/mol. The number of carbonyl (C=O) groups excluding carboxylic acids is 1. The van der Waals surface area contributed by atoms with Gasteiger partial charge >= 0.3 is 0 Å². The van der Waals surface area contributed by atoms with Gasteiger partial charge in [0.1, 0.15) is 6.29 Å². The molecule has 2 rings (SSSR count). The highest BCUT2D eigenvalue weighted by Crippen LogP contribution is 2.32. The SMILES string of the molecule is N#Cc1ccc(C=C[C@H]2CC[C@H](CCC=O)CC2)cc1. The molecule has 0 heterocycles. The van der Waals surface area contributed by atoms with Gasteiger partial charge in [-0.3, -0.25) is 0 Å². The zero-order valence-corrected chi connectivity index (χ0v) is 11.8. The van der Waals surface area contributed by atoms with Crippen molar-refractivity contribution >= 4 is 12.4 Å². The maximum absolute atomic E-state index is 10.4. The van der Waals surface area contributed by atoms with Crippen LogP contribution in [-0.2, 0) is 4.79 Å². The zero-order valence-electron chi connectivity index (χ0n) is 11.8. The van der Waals surface area contributed by atoms with E-state index in [2.05, 4.69) is 18.2 Å². The molecule has 0 amide bonds. The molecule has 104 valence electrons. The average Bonchev–Trinajstić information content (AvgIpc) is 2.52. The standard InChI is InChI=1S/C18H21NO/c19-14-18-11-9-17(10-12-18)8-7-16-5-3-15(4-6-16)2-1-13-20/h7-13,15-16H,1-6H2/t15-,16-. The first-order valence-electron chi connectivity index (χ1n) is 7.44. The maximum Gasteiger partial charge on any atom is 0.120 e. The molecule has 1 aromatic carbocycles. The van der Waals surface area contributed by atoms with Crippen LogP contribution in [0.25, 0.3) is 6.08 Å². The van der Waals surface area contributed by atoms with Gasteiger partial charge in [0.2, 0.25) is 0 Å². The number of aldehydes is 1. The topological polar surface area (TPSA) is 40.9 Å². The lowest BCUT2D eigenvalue weighted by Gasteiger charge is -2.26. The van der Waals surface area contributed by atoms with E-state index >= 15 is 0 Å². The van der Waals surface area contributed by atoms with Crippen LogP contribution in [0.15, 0.2) is 30.3 Å². The van der Waals surface area contributed by atoms with Crippen LogP contribution in [0.3, 0.4) is 0 Å². The van der Waals surface area contributed by atoms with Crippen molar-refractivity contribution < 1.29 is 4.79 Å². The molecule has 0 spiro atoms. The highest BCUT2D eigenvalue weighted by atomic mass is 16.1. The van der Waals surface area contributed by atoms with Gasteiger partial charge < -0.3 is 4.79 Å². The van der Waals surface area contributed by atoms with E-state index < -0.39 is 0 Å². The molecule has 1 aliphatic rings. The molecule has 1 fully saturated rings. The first kappa shape index (κ1) is 14.5. The smallest absolute Gasteiger partial charge is 0.120 e. The number of nitriles is 1. The molecular formula is C18H21NO. The fourth-order valence-corrected chi connectivity index (χ4v) is 2.89. The molecule has 0 aliphatic heterocycles. The summed E-state index contributed by atoms with van der Waals surface area (Å²) in [5.41, 5.74) is 1.87. The summed E-state index contributed by atoms with van der Waals surface area (Å²) in [7, 11) is 0. The van der Waals surface area contributed by atoms with Crippen molar-refractivity contribution in [2.75, 3.05) is 0 Å². The largest absolute Gasteiger partial charge is 0.303 e. The van der Waals surface area contributed by atoms with E-state index in [9.17, 15) is 4.79 Å². The monoisotopic (exact) mass is 267 g/mol. The quantitative estimate of drug-likeness (QED) is 0.744. The third-order valence-corrected chi connectivity index (χ3v) is 4.18. The van der Waals surface area contributed by atoms with E-state index in [-0.39, 0.29) is 0 Å². The predicted octanol–water partition coefficient (Wildman–Crippen LogP) is 4.36. The highest BCUT2D eigenvalue weighted by molar-refractivity contribution is 5.51. The van der Waals surface area contributed by atoms with Crippen LogP contribution < -0.4 is 0 Å². The Balaban J connectivity index is 1.81. The second-order valence-electron chi connectivity index (χ2n) is 5.62. The molecule has 1 saturated carbocycles. The molecule has 0 unspecified atom stereocenters. The van der Waals surface area contributed by atoms with E-state index in [0.717, 1.165) is 30.6 Å². The minimum atomic E-state index is 0.665. The van der Waals surface area contributed by atoms with Crippen molar-refractivity contribution in [3.05, 3.63) is 41.5 Å². The molecule has 20 heavy (non-hydrogen) atoms. The van der Waals surface area contributed by atoms with Gasteiger partial charge in [-0.05, 0) is 61.6 Å². The molecule has 0 radical (unpaired) electrons. The number of rotatable bonds is 5. The Labute approximate surface area is 121 Å². The molecule has 0 aromatic heterocycles. The van der Waals surface area contributed by atoms with Crippen molar-refractivity contribution in [3.63, 3.8) is 0 Å². The molecule has 0 N–H and O–H groups in total. The highest BCUT2D eigenvalue weighted by Gasteiger charge is 2.18. The van der Waals surface area contributed by atoms with Crippen LogP contribution in [0.5, 0.6) is 0 Å². The second-order valence-corrected chi connectivity index (χ2v) is 5.62. The van der Waals surface area contributed by atoms with Gasteiger partial charge in [-0.15, -0.1) is 0 Å². The van der Waals surface area contributed by atoms with Crippen molar-refractivity contribution in [1.29, 1.82) is 5.26 Å². The summed E-state index contributed by atoms with van der Waals surface area (Å²) in [6, 6.07) is 9.83. The summed E-state index contributed by atoms with van der Waals surface area (Å²) in [5, 5.41) is 8.76. The molecule has 0 bridgehead atoms. The van der Waals surface area contributed by atoms with Gasteiger partial charge in [-0.1, -0.05) is 24.3 Å². The minimum Gasteiger partial charge on any atom is -0.303 e. The Bertz CT molecular complexity index is 487. The van der Waals surface area contributed by atoms with Gasteiger partial charge in [0.05, 0.1) is 11.6 Å². The third kappa shape index (κ3) is 4.35. The van der Waals surface area contributed by atoms with Crippen LogP contribution in [0.4, 0.5) is 0 Å². The lowest BCUT2D eigenvalue weighted by Crippen LogP contribution is -2.13. The van der Waals surface area contributed by atoms with Gasteiger partial charge in [-0.25, -0.2) is 0 Å². The van der Waals surface area contributed by atoms with Crippen LogP contribution >= 0.6 is 0 Å². The number of hydrogen-bond acceptors (Lipinski definition) is 2. The van der Waals surface area contributed by atoms with Gasteiger partial charge in [0.15, 0.2) is 0 Å². The Morgan fingerprint density at radius 2 is 1.85 bits per heavy atom. The van der Waals surface area contributed by atoms with Crippen LogP contribution in [-0.4, -0.2) is 6.29 Å². The zero-order chi connectivity index (χ0) is 14.2. The van der Waals surface area contributed by atoms with Gasteiger partial charge in [0, 0.05) is 6.42 Å². The molecular weight excluding hydrogens is 246 g/mol. The summed E-state index contributed by atoms with van der Waals surface area (Å²) < 4.78 is 0. The third-order valence-electron chi connectivity index (χ3n) is 4.18. The van der Waals surface area contributed by atoms with Crippen LogP contribution in [0, 0.1) is 23.2 Å². The van der Waals surface area contributed by atoms with Gasteiger partial charge in [-0.2, -0.15) is 5.26 Å². The summed E-state index contributed by atoms with van der Waals surface area (Å²) in [6.45, 7) is 0. The summed E-state index contributed by atoms with van der Waals surface area (Å²) in [4.78, 5) is 10.4. The van der Waals surface area contributed by atoms with Crippen LogP contribution in [0.1, 0.15) is 49.7 Å². The fraction of sp³-hybridized carbons (Fsp3) is 0.444. The number of allylic oxidation sites excluding steroid dienone is 1. The Hall–Kier alpha value is -1.88. The van der Waals surface area contributed by atoms with Crippen molar-refractivity contribution in [2.24, 2.45) is 11.8 Å². The minimum absolute atomic E-state index is 0.665. The van der Waals surface area contributed by atoms with E-state index in [1.807, 2.05) is 24.3 Å². The molecule has 2 heteroatoms. The number of hydrogen-bond donors (Lipinski definition) is 0. The van der Waals surface area contributed by atoms with Crippen LogP contribution in [0.2, 0.25) is 0 Å². The normalized spacial score (nSPS) is 22.6. The van der Waals surface area contributed by atoms with Crippen molar-refractivity contribution in [1.82, 2.24) is 0 Å². The second kappa shape index (κ2) is 7.65. The van der Waals surface area contributed by atoms with E-state index in [1.54, 1.807) is 0 Å². The Morgan fingerprint density at radius 3 is 2.45 bits per heavy atom. The molecule has 0 saturated heterocycles. The van der Waals surface area contributed by atoms with Gasteiger partial charge in [0.25, 0.3) is 0 Å². The summed E-state index contributed by atoms with van der Waals surface area (Å²) in [5.74, 6) is 1.41. The fourth-order valence-electron chi connectivity index (χ4n) is 2.89. The molecule has 2 nitrogen and oxygen atoms in total. The first-order valence-corrected chi connectivity index (χ1v) is 7.44. The molecule has 0 atom stereocenters. The number of carbonyl (C=O) groups is 1. The maximum atomic E-state index is 10.4. The summed E-state index contributed by atoms with van der Waals surface area (Å²) >= 11 is 0. The number of nitrogens with zero attached hydrogens (tertiary/aromatic N) is 1. The number of benzene rings is 1. The molecule has 1 aliphatic carbocycles.